The van der Waals surface area contributed by atoms with Crippen LogP contribution in [-0.2, 0) is 17.6 Å². The van der Waals surface area contributed by atoms with E-state index in [-0.39, 0.29) is 5.91 Å². The number of likely N-dealkylation sites (tertiary alicyclic amines) is 1. The maximum Gasteiger partial charge on any atom is 0.222 e. The minimum Gasteiger partial charge on any atom is -0.343 e. The number of nitrogens with zero attached hydrogens (tertiary/aromatic N) is 1. The van der Waals surface area contributed by atoms with Gasteiger partial charge in [-0.2, -0.15) is 0 Å². The molecule has 0 saturated carbocycles. The second kappa shape index (κ2) is 10.5. The number of hydrogen-bond donors (Lipinski definition) is 0. The maximum absolute atomic E-state index is 13.4. The molecule has 0 unspecified atom stereocenters. The topological polar surface area (TPSA) is 20.3 Å². The Balaban J connectivity index is 1.26. The van der Waals surface area contributed by atoms with Crippen molar-refractivity contribution in [3.63, 3.8) is 0 Å². The molecule has 0 atom stereocenters. The van der Waals surface area contributed by atoms with Crippen molar-refractivity contribution in [1.29, 1.82) is 0 Å². The molecule has 4 heteroatoms. The predicted molar refractivity (Wildman–Crippen MR) is 124 cm³/mol. The molecule has 1 saturated heterocycles. The zero-order chi connectivity index (χ0) is 22.3. The summed E-state index contributed by atoms with van der Waals surface area (Å²) in [5.41, 5.74) is 4.27. The van der Waals surface area contributed by atoms with Gasteiger partial charge in [0.05, 0.1) is 0 Å². The minimum absolute atomic E-state index is 0.207. The summed E-state index contributed by atoms with van der Waals surface area (Å²) in [4.78, 5) is 14.8. The number of aryl methyl sites for hydroxylation is 2. The van der Waals surface area contributed by atoms with Crippen LogP contribution in [0.2, 0.25) is 0 Å². The Kier molecular flexibility index (Phi) is 7.31. The number of rotatable bonds is 7. The average molecular weight is 434 g/mol. The lowest BCUT2D eigenvalue weighted by atomic mass is 9.90. The van der Waals surface area contributed by atoms with Crippen molar-refractivity contribution in [2.45, 2.75) is 38.5 Å². The van der Waals surface area contributed by atoms with E-state index in [1.807, 2.05) is 35.2 Å². The predicted octanol–water partition coefficient (Wildman–Crippen LogP) is 6.44. The lowest BCUT2D eigenvalue weighted by Gasteiger charge is -2.32. The molecule has 0 aliphatic carbocycles. The van der Waals surface area contributed by atoms with E-state index in [0.717, 1.165) is 44.8 Å². The molecule has 0 bridgehead atoms. The van der Waals surface area contributed by atoms with E-state index in [9.17, 15) is 13.6 Å². The van der Waals surface area contributed by atoms with Crippen LogP contribution in [-0.4, -0.2) is 23.9 Å². The lowest BCUT2D eigenvalue weighted by Crippen LogP contribution is -2.38. The molecular formula is C28H29F2NO. The second-order valence-corrected chi connectivity index (χ2v) is 8.66. The van der Waals surface area contributed by atoms with Crippen molar-refractivity contribution in [3.05, 3.63) is 95.6 Å². The van der Waals surface area contributed by atoms with Gasteiger partial charge in [-0.15, -0.1) is 0 Å². The van der Waals surface area contributed by atoms with Gasteiger partial charge in [0.25, 0.3) is 0 Å². The highest BCUT2D eigenvalue weighted by molar-refractivity contribution is 5.77. The molecule has 3 aromatic rings. The van der Waals surface area contributed by atoms with Crippen molar-refractivity contribution in [2.24, 2.45) is 5.92 Å². The van der Waals surface area contributed by atoms with E-state index in [1.165, 1.54) is 28.8 Å². The number of halogens is 2. The number of carbonyl (C=O) groups is 1. The zero-order valence-corrected chi connectivity index (χ0v) is 18.3. The maximum atomic E-state index is 13.4. The number of amides is 1. The molecule has 0 aromatic heterocycles. The first-order valence-electron chi connectivity index (χ1n) is 11.4. The fourth-order valence-corrected chi connectivity index (χ4v) is 4.63. The van der Waals surface area contributed by atoms with Crippen LogP contribution in [0.5, 0.6) is 0 Å². The summed E-state index contributed by atoms with van der Waals surface area (Å²) in [6, 6.07) is 22.3. The van der Waals surface area contributed by atoms with Gasteiger partial charge in [-0.05, 0) is 72.4 Å². The number of piperidine rings is 1. The van der Waals surface area contributed by atoms with Gasteiger partial charge in [-0.3, -0.25) is 4.79 Å². The van der Waals surface area contributed by atoms with Crippen LogP contribution in [0, 0.1) is 17.6 Å². The highest BCUT2D eigenvalue weighted by Gasteiger charge is 2.22. The van der Waals surface area contributed by atoms with E-state index in [0.29, 0.717) is 24.3 Å². The summed E-state index contributed by atoms with van der Waals surface area (Å²) >= 11 is 0. The molecule has 1 heterocycles. The van der Waals surface area contributed by atoms with Gasteiger partial charge in [-0.1, -0.05) is 54.6 Å². The molecular weight excluding hydrogens is 404 g/mol. The van der Waals surface area contributed by atoms with Gasteiger partial charge in [0.2, 0.25) is 5.91 Å². The summed E-state index contributed by atoms with van der Waals surface area (Å²) in [5, 5.41) is 0. The van der Waals surface area contributed by atoms with Gasteiger partial charge < -0.3 is 4.90 Å². The summed E-state index contributed by atoms with van der Waals surface area (Å²) < 4.78 is 26.7. The molecule has 1 fully saturated rings. The Hall–Kier alpha value is -3.01. The van der Waals surface area contributed by atoms with Crippen molar-refractivity contribution >= 4 is 5.91 Å². The van der Waals surface area contributed by atoms with Gasteiger partial charge in [0.15, 0.2) is 0 Å². The molecule has 4 rings (SSSR count). The van der Waals surface area contributed by atoms with Crippen LogP contribution in [0.3, 0.4) is 0 Å². The van der Waals surface area contributed by atoms with Crippen molar-refractivity contribution in [1.82, 2.24) is 4.90 Å². The van der Waals surface area contributed by atoms with Crippen molar-refractivity contribution in [3.8, 4) is 11.1 Å². The molecule has 166 valence electrons. The first-order chi connectivity index (χ1) is 15.6. The van der Waals surface area contributed by atoms with Gasteiger partial charge in [0.1, 0.15) is 11.6 Å². The molecule has 0 radical (unpaired) electrons. The summed E-state index contributed by atoms with van der Waals surface area (Å²) in [6.07, 6.45) is 4.71. The quantitative estimate of drug-likeness (QED) is 0.420. The summed E-state index contributed by atoms with van der Waals surface area (Å²) in [7, 11) is 0. The van der Waals surface area contributed by atoms with Crippen molar-refractivity contribution in [2.75, 3.05) is 13.1 Å². The third-order valence-electron chi connectivity index (χ3n) is 6.44. The van der Waals surface area contributed by atoms with E-state index in [2.05, 4.69) is 24.3 Å². The SMILES string of the molecule is O=C(CCc1ccccc1-c1ccccc1)N1CCC(CCc2cc(F)cc(F)c2)CC1. The van der Waals surface area contributed by atoms with Crippen LogP contribution in [0.4, 0.5) is 8.78 Å². The number of benzene rings is 3. The van der Waals surface area contributed by atoms with Crippen LogP contribution < -0.4 is 0 Å². The molecule has 1 aliphatic heterocycles. The molecule has 0 N–H and O–H groups in total. The Morgan fingerprint density at radius 2 is 1.50 bits per heavy atom. The van der Waals surface area contributed by atoms with Crippen LogP contribution in [0.15, 0.2) is 72.8 Å². The van der Waals surface area contributed by atoms with Gasteiger partial charge >= 0.3 is 0 Å². The fraction of sp³-hybridized carbons (Fsp3) is 0.321. The Labute approximate surface area is 188 Å². The van der Waals surface area contributed by atoms with Crippen molar-refractivity contribution < 1.29 is 13.6 Å². The molecule has 3 aromatic carbocycles. The third kappa shape index (κ3) is 5.82. The first kappa shape index (κ1) is 22.2. The van der Waals surface area contributed by atoms with E-state index >= 15 is 0 Å². The van der Waals surface area contributed by atoms with E-state index < -0.39 is 11.6 Å². The van der Waals surface area contributed by atoms with Crippen LogP contribution in [0.1, 0.15) is 36.8 Å². The number of hydrogen-bond acceptors (Lipinski definition) is 1. The van der Waals surface area contributed by atoms with Gasteiger partial charge in [0, 0.05) is 25.6 Å². The van der Waals surface area contributed by atoms with E-state index in [1.54, 1.807) is 0 Å². The molecule has 2 nitrogen and oxygen atoms in total. The fourth-order valence-electron chi connectivity index (χ4n) is 4.63. The minimum atomic E-state index is -0.519. The Morgan fingerprint density at radius 1 is 0.844 bits per heavy atom. The normalized spacial score (nSPS) is 14.5. The lowest BCUT2D eigenvalue weighted by molar-refractivity contribution is -0.132. The molecule has 32 heavy (non-hydrogen) atoms. The van der Waals surface area contributed by atoms with Gasteiger partial charge in [-0.25, -0.2) is 8.78 Å². The highest BCUT2D eigenvalue weighted by atomic mass is 19.1. The zero-order valence-electron chi connectivity index (χ0n) is 18.3. The second-order valence-electron chi connectivity index (χ2n) is 8.66. The monoisotopic (exact) mass is 433 g/mol. The smallest absolute Gasteiger partial charge is 0.222 e. The highest BCUT2D eigenvalue weighted by Crippen LogP contribution is 2.26. The molecule has 1 aliphatic rings. The summed E-state index contributed by atoms with van der Waals surface area (Å²) in [6.45, 7) is 1.53. The molecule has 0 spiro atoms. The Bertz CT molecular complexity index is 1020. The standard InChI is InChI=1S/C28H29F2NO/c29-25-18-22(19-26(30)20-25)11-10-21-14-16-31(17-15-21)28(32)13-12-24-8-4-5-9-27(24)23-6-2-1-3-7-23/h1-9,18-21H,10-17H2. The Morgan fingerprint density at radius 3 is 2.22 bits per heavy atom. The van der Waals surface area contributed by atoms with Crippen LogP contribution in [0.25, 0.3) is 11.1 Å². The number of carbonyl (C=O) groups excluding carboxylic acids is 1. The van der Waals surface area contributed by atoms with Crippen LogP contribution >= 0.6 is 0 Å². The third-order valence-corrected chi connectivity index (χ3v) is 6.44. The first-order valence-corrected chi connectivity index (χ1v) is 11.4. The largest absolute Gasteiger partial charge is 0.343 e. The molecule has 1 amide bonds. The average Bonchev–Trinajstić information content (AvgIpc) is 2.82. The van der Waals surface area contributed by atoms with E-state index in [4.69, 9.17) is 0 Å². The summed E-state index contributed by atoms with van der Waals surface area (Å²) in [5.74, 6) is -0.341.